The number of carbonyl (C=O) groups excluding carboxylic acids is 1. The number of carbonyl (C=O) groups is 1. The first-order chi connectivity index (χ1) is 15.9. The first-order valence-electron chi connectivity index (χ1n) is 11.2. The lowest BCUT2D eigenvalue weighted by Gasteiger charge is -2.30. The molecule has 33 heavy (non-hydrogen) atoms. The average Bonchev–Trinajstić information content (AvgIpc) is 3.47. The van der Waals surface area contributed by atoms with Gasteiger partial charge in [0.1, 0.15) is 0 Å². The van der Waals surface area contributed by atoms with Crippen LogP contribution in [0.1, 0.15) is 36.2 Å². The SMILES string of the molecule is Cc1noc(-c2cccc(NC(=O)C3CCN(S(=O)(=O)c4ccc5c(c4)CCC5)CC3)c2)n1. The molecule has 172 valence electrons. The van der Waals surface area contributed by atoms with Crippen molar-refractivity contribution in [3.63, 3.8) is 0 Å². The molecule has 2 aliphatic rings. The van der Waals surface area contributed by atoms with E-state index >= 15 is 0 Å². The van der Waals surface area contributed by atoms with Crippen LogP contribution in [0, 0.1) is 12.8 Å². The Hall–Kier alpha value is -3.04. The Bertz CT molecular complexity index is 1290. The van der Waals surface area contributed by atoms with Gasteiger partial charge < -0.3 is 9.84 Å². The minimum absolute atomic E-state index is 0.108. The number of aryl methyl sites for hydroxylation is 3. The van der Waals surface area contributed by atoms with Crippen molar-refractivity contribution in [2.45, 2.75) is 43.9 Å². The molecule has 2 heterocycles. The predicted molar refractivity (Wildman–Crippen MR) is 123 cm³/mol. The standard InChI is InChI=1S/C24H26N4O4S/c1-16-25-24(32-27-16)20-6-3-7-21(14-20)26-23(29)18-10-12-28(13-11-18)33(30,31)22-9-8-17-4-2-5-19(17)15-22/h3,6-9,14-15,18H,2,4-5,10-13H2,1H3,(H,26,29). The highest BCUT2D eigenvalue weighted by atomic mass is 32.2. The van der Waals surface area contributed by atoms with Crippen LogP contribution in [0.4, 0.5) is 5.69 Å². The Kier molecular flexibility index (Phi) is 5.76. The lowest BCUT2D eigenvalue weighted by molar-refractivity contribution is -0.120. The van der Waals surface area contributed by atoms with Crippen molar-refractivity contribution in [3.05, 3.63) is 59.4 Å². The summed E-state index contributed by atoms with van der Waals surface area (Å²) in [5.41, 5.74) is 3.76. The van der Waals surface area contributed by atoms with E-state index in [-0.39, 0.29) is 11.8 Å². The zero-order valence-corrected chi connectivity index (χ0v) is 19.3. The van der Waals surface area contributed by atoms with Crippen molar-refractivity contribution < 1.29 is 17.7 Å². The minimum atomic E-state index is -3.55. The van der Waals surface area contributed by atoms with Gasteiger partial charge in [0.15, 0.2) is 5.82 Å². The molecule has 0 radical (unpaired) electrons. The van der Waals surface area contributed by atoms with Gasteiger partial charge in [-0.1, -0.05) is 17.3 Å². The van der Waals surface area contributed by atoms with Crippen LogP contribution in [0.15, 0.2) is 51.9 Å². The number of nitrogens with zero attached hydrogens (tertiary/aromatic N) is 3. The number of benzene rings is 2. The van der Waals surface area contributed by atoms with Crippen LogP contribution in [-0.2, 0) is 27.7 Å². The van der Waals surface area contributed by atoms with E-state index in [1.54, 1.807) is 25.1 Å². The summed E-state index contributed by atoms with van der Waals surface area (Å²) in [6.45, 7) is 2.41. The van der Waals surface area contributed by atoms with E-state index in [1.807, 2.05) is 24.3 Å². The number of anilines is 1. The lowest BCUT2D eigenvalue weighted by Crippen LogP contribution is -2.41. The molecule has 1 amide bonds. The molecule has 0 spiro atoms. The van der Waals surface area contributed by atoms with Crippen LogP contribution in [0.5, 0.6) is 0 Å². The number of hydrogen-bond acceptors (Lipinski definition) is 6. The quantitative estimate of drug-likeness (QED) is 0.616. The van der Waals surface area contributed by atoms with Crippen LogP contribution >= 0.6 is 0 Å². The van der Waals surface area contributed by atoms with E-state index in [0.29, 0.717) is 48.2 Å². The fourth-order valence-corrected chi connectivity index (χ4v) is 6.13. The van der Waals surface area contributed by atoms with E-state index in [1.165, 1.54) is 9.87 Å². The van der Waals surface area contributed by atoms with Gasteiger partial charge in [-0.15, -0.1) is 0 Å². The molecule has 1 N–H and O–H groups in total. The van der Waals surface area contributed by atoms with Crippen LogP contribution in [0.25, 0.3) is 11.5 Å². The Labute approximate surface area is 193 Å². The molecule has 1 aliphatic heterocycles. The smallest absolute Gasteiger partial charge is 0.257 e. The molecule has 9 heteroatoms. The third-order valence-corrected chi connectivity index (χ3v) is 8.33. The minimum Gasteiger partial charge on any atom is -0.334 e. The second-order valence-corrected chi connectivity index (χ2v) is 10.6. The lowest BCUT2D eigenvalue weighted by atomic mass is 9.97. The van der Waals surface area contributed by atoms with Crippen LogP contribution in [0.2, 0.25) is 0 Å². The third kappa shape index (κ3) is 4.43. The number of piperidine rings is 1. The summed E-state index contributed by atoms with van der Waals surface area (Å²) in [5.74, 6) is 0.587. The van der Waals surface area contributed by atoms with E-state index in [9.17, 15) is 13.2 Å². The number of rotatable bonds is 5. The molecule has 1 fully saturated rings. The van der Waals surface area contributed by atoms with Crippen LogP contribution < -0.4 is 5.32 Å². The number of fused-ring (bicyclic) bond motifs is 1. The maximum Gasteiger partial charge on any atom is 0.257 e. The zero-order chi connectivity index (χ0) is 23.0. The molecule has 1 aliphatic carbocycles. The predicted octanol–water partition coefficient (Wildman–Crippen LogP) is 3.57. The summed E-state index contributed by atoms with van der Waals surface area (Å²) in [6, 6.07) is 12.7. The molecule has 8 nitrogen and oxygen atoms in total. The van der Waals surface area contributed by atoms with Gasteiger partial charge >= 0.3 is 0 Å². The molecule has 0 unspecified atom stereocenters. The van der Waals surface area contributed by atoms with E-state index < -0.39 is 10.0 Å². The highest BCUT2D eigenvalue weighted by Crippen LogP contribution is 2.29. The Morgan fingerprint density at radius 1 is 1.09 bits per heavy atom. The molecule has 0 bridgehead atoms. The Morgan fingerprint density at radius 3 is 2.64 bits per heavy atom. The summed E-state index contributed by atoms with van der Waals surface area (Å²) in [5, 5.41) is 6.74. The van der Waals surface area contributed by atoms with Crippen LogP contribution in [0.3, 0.4) is 0 Å². The van der Waals surface area contributed by atoms with E-state index in [4.69, 9.17) is 4.52 Å². The first kappa shape index (κ1) is 21.8. The van der Waals surface area contributed by atoms with Gasteiger partial charge in [0.2, 0.25) is 15.9 Å². The highest BCUT2D eigenvalue weighted by molar-refractivity contribution is 7.89. The Balaban J connectivity index is 1.22. The molecule has 1 saturated heterocycles. The molecule has 5 rings (SSSR count). The summed E-state index contributed by atoms with van der Waals surface area (Å²) in [6.07, 6.45) is 4.01. The largest absolute Gasteiger partial charge is 0.334 e. The topological polar surface area (TPSA) is 105 Å². The summed E-state index contributed by atoms with van der Waals surface area (Å²) >= 11 is 0. The van der Waals surface area contributed by atoms with Gasteiger partial charge in [0.05, 0.1) is 4.90 Å². The van der Waals surface area contributed by atoms with Crippen LogP contribution in [-0.4, -0.2) is 41.9 Å². The molecular formula is C24H26N4O4S. The molecule has 0 atom stereocenters. The van der Waals surface area contributed by atoms with Gasteiger partial charge in [0.25, 0.3) is 5.89 Å². The van der Waals surface area contributed by atoms with E-state index in [2.05, 4.69) is 15.5 Å². The molecule has 3 aromatic rings. The van der Waals surface area contributed by atoms with E-state index in [0.717, 1.165) is 30.4 Å². The van der Waals surface area contributed by atoms with Gasteiger partial charge in [-0.2, -0.15) is 9.29 Å². The average molecular weight is 467 g/mol. The summed E-state index contributed by atoms with van der Waals surface area (Å²) in [7, 11) is -3.55. The molecule has 2 aromatic carbocycles. The van der Waals surface area contributed by atoms with Crippen molar-refractivity contribution in [1.82, 2.24) is 14.4 Å². The van der Waals surface area contributed by atoms with Gasteiger partial charge in [-0.05, 0) is 80.5 Å². The van der Waals surface area contributed by atoms with Gasteiger partial charge in [-0.25, -0.2) is 8.42 Å². The normalized spacial score (nSPS) is 17.1. The maximum absolute atomic E-state index is 13.1. The first-order valence-corrected chi connectivity index (χ1v) is 12.7. The Morgan fingerprint density at radius 2 is 1.88 bits per heavy atom. The third-order valence-electron chi connectivity index (χ3n) is 6.44. The molecular weight excluding hydrogens is 440 g/mol. The summed E-state index contributed by atoms with van der Waals surface area (Å²) < 4.78 is 33.0. The second kappa shape index (κ2) is 8.72. The highest BCUT2D eigenvalue weighted by Gasteiger charge is 2.32. The van der Waals surface area contributed by atoms with Crippen molar-refractivity contribution in [2.75, 3.05) is 18.4 Å². The maximum atomic E-state index is 13.1. The van der Waals surface area contributed by atoms with Gasteiger partial charge in [-0.3, -0.25) is 4.79 Å². The fourth-order valence-electron chi connectivity index (χ4n) is 4.60. The zero-order valence-electron chi connectivity index (χ0n) is 18.5. The number of amides is 1. The molecule has 0 saturated carbocycles. The van der Waals surface area contributed by atoms with Crippen molar-refractivity contribution in [3.8, 4) is 11.5 Å². The van der Waals surface area contributed by atoms with Crippen molar-refractivity contribution in [1.29, 1.82) is 0 Å². The second-order valence-electron chi connectivity index (χ2n) is 8.68. The van der Waals surface area contributed by atoms with Gasteiger partial charge in [0, 0.05) is 30.3 Å². The number of nitrogens with one attached hydrogen (secondary N) is 1. The summed E-state index contributed by atoms with van der Waals surface area (Å²) in [4.78, 5) is 17.4. The van der Waals surface area contributed by atoms with Crippen molar-refractivity contribution >= 4 is 21.6 Å². The number of aromatic nitrogens is 2. The number of sulfonamides is 1. The molecule has 1 aromatic heterocycles. The van der Waals surface area contributed by atoms with Crippen molar-refractivity contribution in [2.24, 2.45) is 5.92 Å². The number of hydrogen-bond donors (Lipinski definition) is 1. The monoisotopic (exact) mass is 466 g/mol. The fraction of sp³-hybridized carbons (Fsp3) is 0.375.